The first-order valence-corrected chi connectivity index (χ1v) is 8.87. The summed E-state index contributed by atoms with van der Waals surface area (Å²) in [6.45, 7) is 0. The summed E-state index contributed by atoms with van der Waals surface area (Å²) in [7, 11) is 1.40. The van der Waals surface area contributed by atoms with Gasteiger partial charge in [0.25, 0.3) is 5.91 Å². The lowest BCUT2D eigenvalue weighted by Crippen LogP contribution is -2.19. The molecule has 10 heteroatoms. The molecule has 0 saturated heterocycles. The molecule has 31 heavy (non-hydrogen) atoms. The van der Waals surface area contributed by atoms with Gasteiger partial charge in [-0.1, -0.05) is 12.1 Å². The molecule has 1 amide bonds. The zero-order valence-corrected chi connectivity index (χ0v) is 16.1. The molecule has 0 aliphatic rings. The molecule has 3 rings (SSSR count). The second-order valence-corrected chi connectivity index (χ2v) is 6.23. The fourth-order valence-corrected chi connectivity index (χ4v) is 2.61. The molecule has 0 radical (unpaired) electrons. The lowest BCUT2D eigenvalue weighted by atomic mass is 10.1. The van der Waals surface area contributed by atoms with E-state index in [0.717, 1.165) is 12.3 Å². The summed E-state index contributed by atoms with van der Waals surface area (Å²) in [6.07, 6.45) is -2.20. The lowest BCUT2D eigenvalue weighted by Gasteiger charge is -2.12. The van der Waals surface area contributed by atoms with Gasteiger partial charge in [0, 0.05) is 11.9 Å². The van der Waals surface area contributed by atoms with Crippen molar-refractivity contribution in [3.63, 3.8) is 0 Å². The molecule has 3 N–H and O–H groups in total. The van der Waals surface area contributed by atoms with E-state index in [-0.39, 0.29) is 22.7 Å². The monoisotopic (exact) mass is 430 g/mol. The number of para-hydroxylation sites is 1. The average Bonchev–Trinajstić information content (AvgIpc) is 2.75. The first-order valence-electron chi connectivity index (χ1n) is 8.87. The minimum absolute atomic E-state index is 0.0338. The van der Waals surface area contributed by atoms with Crippen molar-refractivity contribution in [1.29, 1.82) is 0 Å². The Bertz CT molecular complexity index is 1120. The van der Waals surface area contributed by atoms with Crippen LogP contribution in [0.4, 0.5) is 24.5 Å². The largest absolute Gasteiger partial charge is 0.504 e. The molecule has 3 aromatic rings. The molecule has 1 heterocycles. The van der Waals surface area contributed by atoms with E-state index in [2.05, 4.69) is 20.8 Å². The van der Waals surface area contributed by atoms with Crippen LogP contribution in [0.3, 0.4) is 0 Å². The van der Waals surface area contributed by atoms with Gasteiger partial charge in [-0.05, 0) is 48.0 Å². The third kappa shape index (κ3) is 5.50. The maximum Gasteiger partial charge on any atom is 0.433 e. The Morgan fingerprint density at radius 1 is 1.16 bits per heavy atom. The van der Waals surface area contributed by atoms with Crippen molar-refractivity contribution in [2.24, 2.45) is 5.10 Å². The van der Waals surface area contributed by atoms with Gasteiger partial charge in [-0.15, -0.1) is 0 Å². The van der Waals surface area contributed by atoms with Crippen molar-refractivity contribution in [2.45, 2.75) is 6.18 Å². The van der Waals surface area contributed by atoms with Gasteiger partial charge in [-0.25, -0.2) is 5.43 Å². The Kier molecular flexibility index (Phi) is 6.39. The molecular weight excluding hydrogens is 413 g/mol. The average molecular weight is 430 g/mol. The predicted molar refractivity (Wildman–Crippen MR) is 109 cm³/mol. The highest BCUT2D eigenvalue weighted by molar-refractivity contribution is 6.00. The predicted octanol–water partition coefficient (Wildman–Crippen LogP) is 4.32. The number of halogens is 3. The highest BCUT2D eigenvalue weighted by atomic mass is 19.4. The maximum atomic E-state index is 12.9. The van der Waals surface area contributed by atoms with Crippen LogP contribution in [-0.4, -0.2) is 29.3 Å². The highest BCUT2D eigenvalue weighted by Crippen LogP contribution is 2.30. The molecule has 7 nitrogen and oxygen atoms in total. The van der Waals surface area contributed by atoms with Gasteiger partial charge in [0.2, 0.25) is 0 Å². The zero-order chi connectivity index (χ0) is 22.4. The van der Waals surface area contributed by atoms with Crippen LogP contribution in [0.25, 0.3) is 0 Å². The van der Waals surface area contributed by atoms with Crippen molar-refractivity contribution in [3.05, 3.63) is 77.6 Å². The number of anilines is 2. The number of amides is 1. The second-order valence-electron chi connectivity index (χ2n) is 6.23. The number of methoxy groups -OCH3 is 1. The SMILES string of the molecule is COc1cc(/C=N/NC(=O)c2ccccc2Nc2ccnc(C(F)(F)F)c2)ccc1O. The van der Waals surface area contributed by atoms with E-state index in [9.17, 15) is 23.1 Å². The molecule has 0 atom stereocenters. The molecule has 160 valence electrons. The Balaban J connectivity index is 1.75. The summed E-state index contributed by atoms with van der Waals surface area (Å²) in [5.74, 6) is -0.357. The number of benzene rings is 2. The third-order valence-electron chi connectivity index (χ3n) is 4.08. The summed E-state index contributed by atoms with van der Waals surface area (Å²) in [4.78, 5) is 15.8. The highest BCUT2D eigenvalue weighted by Gasteiger charge is 2.32. The molecule has 0 unspecified atom stereocenters. The number of hydrazone groups is 1. The normalized spacial score (nSPS) is 11.4. The van der Waals surface area contributed by atoms with Crippen LogP contribution in [-0.2, 0) is 6.18 Å². The zero-order valence-electron chi connectivity index (χ0n) is 16.1. The fourth-order valence-electron chi connectivity index (χ4n) is 2.61. The van der Waals surface area contributed by atoms with E-state index in [1.165, 1.54) is 37.6 Å². The maximum absolute atomic E-state index is 12.9. The van der Waals surface area contributed by atoms with Crippen molar-refractivity contribution in [2.75, 3.05) is 12.4 Å². The molecule has 0 bridgehead atoms. The Morgan fingerprint density at radius 3 is 2.68 bits per heavy atom. The number of carbonyl (C=O) groups is 1. The number of alkyl halides is 3. The van der Waals surface area contributed by atoms with Crippen molar-refractivity contribution in [1.82, 2.24) is 10.4 Å². The summed E-state index contributed by atoms with van der Waals surface area (Å²) >= 11 is 0. The van der Waals surface area contributed by atoms with Crippen LogP contribution < -0.4 is 15.5 Å². The number of rotatable bonds is 6. The Morgan fingerprint density at radius 2 is 1.94 bits per heavy atom. The van der Waals surface area contributed by atoms with Crippen LogP contribution in [0.1, 0.15) is 21.6 Å². The van der Waals surface area contributed by atoms with Gasteiger partial charge in [0.05, 0.1) is 24.6 Å². The third-order valence-corrected chi connectivity index (χ3v) is 4.08. The number of phenols is 1. The Labute approximate surface area is 175 Å². The molecule has 0 saturated carbocycles. The van der Waals surface area contributed by atoms with Crippen LogP contribution in [0.15, 0.2) is 65.9 Å². The van der Waals surface area contributed by atoms with E-state index >= 15 is 0 Å². The van der Waals surface area contributed by atoms with E-state index < -0.39 is 17.8 Å². The number of aromatic hydroxyl groups is 1. The number of ether oxygens (including phenoxy) is 1. The summed E-state index contributed by atoms with van der Waals surface area (Å²) < 4.78 is 43.6. The topological polar surface area (TPSA) is 95.8 Å². The number of pyridine rings is 1. The van der Waals surface area contributed by atoms with Gasteiger partial charge in [-0.2, -0.15) is 18.3 Å². The molecular formula is C21H17F3N4O3. The molecule has 2 aromatic carbocycles. The minimum atomic E-state index is -4.58. The van der Waals surface area contributed by atoms with Crippen LogP contribution in [0.2, 0.25) is 0 Å². The summed E-state index contributed by atoms with van der Waals surface area (Å²) in [5, 5.41) is 16.3. The van der Waals surface area contributed by atoms with Gasteiger partial charge in [-0.3, -0.25) is 9.78 Å². The second kappa shape index (κ2) is 9.16. The number of nitrogens with one attached hydrogen (secondary N) is 2. The molecule has 0 aliphatic carbocycles. The van der Waals surface area contributed by atoms with Crippen LogP contribution in [0, 0.1) is 0 Å². The number of carbonyl (C=O) groups excluding carboxylic acids is 1. The number of nitrogens with zero attached hydrogens (tertiary/aromatic N) is 2. The number of hydrogen-bond acceptors (Lipinski definition) is 6. The lowest BCUT2D eigenvalue weighted by molar-refractivity contribution is -0.141. The quantitative estimate of drug-likeness (QED) is 0.400. The van der Waals surface area contributed by atoms with E-state index in [0.29, 0.717) is 11.3 Å². The molecule has 1 aromatic heterocycles. The minimum Gasteiger partial charge on any atom is -0.504 e. The number of hydrogen-bond donors (Lipinski definition) is 3. The van der Waals surface area contributed by atoms with Crippen molar-refractivity contribution < 1.29 is 27.8 Å². The fraction of sp³-hybridized carbons (Fsp3) is 0.0952. The molecule has 0 fully saturated rings. The number of aromatic nitrogens is 1. The van der Waals surface area contributed by atoms with Crippen LogP contribution in [0.5, 0.6) is 11.5 Å². The molecule has 0 spiro atoms. The van der Waals surface area contributed by atoms with Crippen molar-refractivity contribution in [3.8, 4) is 11.5 Å². The van der Waals surface area contributed by atoms with E-state index in [1.807, 2.05) is 0 Å². The van der Waals surface area contributed by atoms with E-state index in [4.69, 9.17) is 4.74 Å². The Hall–Kier alpha value is -4.08. The summed E-state index contributed by atoms with van der Waals surface area (Å²) in [5.41, 5.74) is 2.47. The van der Waals surface area contributed by atoms with Gasteiger partial charge < -0.3 is 15.2 Å². The van der Waals surface area contributed by atoms with Gasteiger partial charge >= 0.3 is 6.18 Å². The number of phenolic OH excluding ortho intramolecular Hbond substituents is 1. The van der Waals surface area contributed by atoms with Gasteiger partial charge in [0.15, 0.2) is 11.5 Å². The molecule has 0 aliphatic heterocycles. The smallest absolute Gasteiger partial charge is 0.433 e. The van der Waals surface area contributed by atoms with Crippen LogP contribution >= 0.6 is 0 Å². The standard InChI is InChI=1S/C21H17F3N4O3/c1-31-18-10-13(6-7-17(18)29)12-26-28-20(30)15-4-2-3-5-16(15)27-14-8-9-25-19(11-14)21(22,23)24/h2-12,29H,1H3,(H,25,27)(H,28,30)/b26-12+. The summed E-state index contributed by atoms with van der Waals surface area (Å²) in [6, 6.07) is 13.0. The first kappa shape index (κ1) is 21.6. The first-order chi connectivity index (χ1) is 14.8. The van der Waals surface area contributed by atoms with E-state index in [1.54, 1.807) is 24.3 Å². The van der Waals surface area contributed by atoms with Crippen molar-refractivity contribution >= 4 is 23.5 Å². The van der Waals surface area contributed by atoms with Gasteiger partial charge in [0.1, 0.15) is 5.69 Å².